The summed E-state index contributed by atoms with van der Waals surface area (Å²) in [4.78, 5) is 16.0. The van der Waals surface area contributed by atoms with Gasteiger partial charge in [-0.1, -0.05) is 48.2 Å². The molecule has 0 fully saturated rings. The Bertz CT molecular complexity index is 910. The van der Waals surface area contributed by atoms with Crippen LogP contribution in [0.5, 0.6) is 0 Å². The Hall–Kier alpha value is -4.28. The lowest BCUT2D eigenvalue weighted by Gasteiger charge is -1.87. The molecule has 0 aliphatic heterocycles. The van der Waals surface area contributed by atoms with Crippen LogP contribution < -0.4 is 0 Å². The summed E-state index contributed by atoms with van der Waals surface area (Å²) in [6.07, 6.45) is 6.73. The van der Waals surface area contributed by atoms with Gasteiger partial charge in [0, 0.05) is 35.9 Å². The Morgan fingerprint density at radius 1 is 0.393 bits per heavy atom. The van der Waals surface area contributed by atoms with Gasteiger partial charge >= 0.3 is 0 Å². The molecule has 28 heavy (non-hydrogen) atoms. The van der Waals surface area contributed by atoms with Crippen LogP contribution in [-0.4, -0.2) is 19.9 Å². The third-order valence-electron chi connectivity index (χ3n) is 3.32. The van der Waals surface area contributed by atoms with E-state index in [-0.39, 0.29) is 0 Å². The minimum absolute atomic E-state index is 0.552. The Morgan fingerprint density at radius 3 is 1.11 bits per heavy atom. The third kappa shape index (κ3) is 6.55. The van der Waals surface area contributed by atoms with E-state index >= 15 is 0 Å². The summed E-state index contributed by atoms with van der Waals surface area (Å²) >= 11 is 0. The highest BCUT2D eigenvalue weighted by Gasteiger charge is 1.86. The molecule has 0 unspecified atom stereocenters. The summed E-state index contributed by atoms with van der Waals surface area (Å²) in [6.45, 7) is 0. The lowest BCUT2D eigenvalue weighted by Crippen LogP contribution is -1.84. The van der Waals surface area contributed by atoms with Gasteiger partial charge < -0.3 is 0 Å². The largest absolute Gasteiger partial charge is 0.229 e. The van der Waals surface area contributed by atoms with E-state index in [4.69, 9.17) is 0 Å². The molecule has 0 saturated carbocycles. The first-order chi connectivity index (χ1) is 13.9. The highest BCUT2D eigenvalue weighted by Crippen LogP contribution is 1.96. The minimum Gasteiger partial charge on any atom is -0.229 e. The minimum atomic E-state index is 0.552. The fourth-order valence-electron chi connectivity index (χ4n) is 2.03. The van der Waals surface area contributed by atoms with Crippen LogP contribution >= 0.6 is 0 Å². The van der Waals surface area contributed by atoms with Gasteiger partial charge in [-0.25, -0.2) is 19.9 Å². The fourth-order valence-corrected chi connectivity index (χ4v) is 2.03. The fraction of sp³-hybridized carbons (Fsp3) is 0. The zero-order valence-corrected chi connectivity index (χ0v) is 15.0. The van der Waals surface area contributed by atoms with Gasteiger partial charge in [0.05, 0.1) is 0 Å². The van der Waals surface area contributed by atoms with E-state index in [0.717, 1.165) is 11.1 Å². The topological polar surface area (TPSA) is 51.6 Å². The van der Waals surface area contributed by atoms with Gasteiger partial charge in [0.25, 0.3) is 0 Å². The second-order valence-corrected chi connectivity index (χ2v) is 5.38. The molecule has 0 N–H and O–H groups in total. The van der Waals surface area contributed by atoms with Crippen molar-refractivity contribution in [2.75, 3.05) is 0 Å². The molecule has 4 heteroatoms. The van der Waals surface area contributed by atoms with Crippen LogP contribution in [0.25, 0.3) is 0 Å². The van der Waals surface area contributed by atoms with Gasteiger partial charge in [-0.15, -0.1) is 0 Å². The lowest BCUT2D eigenvalue weighted by molar-refractivity contribution is 1.13. The first-order valence-electron chi connectivity index (χ1n) is 8.58. The van der Waals surface area contributed by atoms with Crippen molar-refractivity contribution in [3.8, 4) is 23.7 Å². The second-order valence-electron chi connectivity index (χ2n) is 5.38. The highest BCUT2D eigenvalue weighted by molar-refractivity contribution is 5.38. The van der Waals surface area contributed by atoms with E-state index in [1.54, 1.807) is 36.9 Å². The van der Waals surface area contributed by atoms with Crippen LogP contribution in [0.4, 0.5) is 0 Å². The molecule has 4 rings (SSSR count). The average Bonchev–Trinajstić information content (AvgIpc) is 2.80. The molecule has 4 aromatic rings. The van der Waals surface area contributed by atoms with Gasteiger partial charge in [0.2, 0.25) is 11.6 Å². The smallest absolute Gasteiger partial charge is 0.205 e. The molecule has 132 valence electrons. The predicted molar refractivity (Wildman–Crippen MR) is 109 cm³/mol. The molecule has 0 spiro atoms. The Labute approximate surface area is 164 Å². The van der Waals surface area contributed by atoms with E-state index in [9.17, 15) is 0 Å². The first kappa shape index (κ1) is 18.5. The van der Waals surface area contributed by atoms with E-state index in [2.05, 4.69) is 43.6 Å². The third-order valence-corrected chi connectivity index (χ3v) is 3.32. The molecule has 0 bridgehead atoms. The molecule has 2 heterocycles. The summed E-state index contributed by atoms with van der Waals surface area (Å²) in [7, 11) is 0. The first-order valence-corrected chi connectivity index (χ1v) is 8.58. The van der Waals surface area contributed by atoms with Crippen LogP contribution in [0.1, 0.15) is 22.8 Å². The highest BCUT2D eigenvalue weighted by atomic mass is 14.8. The maximum atomic E-state index is 4.01. The summed E-state index contributed by atoms with van der Waals surface area (Å²) < 4.78 is 0. The van der Waals surface area contributed by atoms with Gasteiger partial charge in [-0.3, -0.25) is 0 Å². The van der Waals surface area contributed by atoms with Crippen molar-refractivity contribution >= 4 is 0 Å². The van der Waals surface area contributed by atoms with Gasteiger partial charge in [-0.2, -0.15) is 0 Å². The molecular formula is C24H16N4. The SMILES string of the molecule is C(#Cc1ncccn1)c1ccccc1.C(#Cc1ncccn1)c1ccccc1. The van der Waals surface area contributed by atoms with Crippen LogP contribution in [0.2, 0.25) is 0 Å². The lowest BCUT2D eigenvalue weighted by atomic mass is 10.2. The molecule has 4 nitrogen and oxygen atoms in total. The Balaban J connectivity index is 0.000000161. The van der Waals surface area contributed by atoms with Crippen LogP contribution in [-0.2, 0) is 0 Å². The van der Waals surface area contributed by atoms with E-state index in [1.807, 2.05) is 60.7 Å². The number of rotatable bonds is 0. The van der Waals surface area contributed by atoms with Crippen molar-refractivity contribution in [3.63, 3.8) is 0 Å². The Kier molecular flexibility index (Phi) is 7.04. The summed E-state index contributed by atoms with van der Waals surface area (Å²) in [6, 6.07) is 23.1. The van der Waals surface area contributed by atoms with Crippen molar-refractivity contribution in [2.24, 2.45) is 0 Å². The van der Waals surface area contributed by atoms with Gasteiger partial charge in [0.15, 0.2) is 0 Å². The second kappa shape index (κ2) is 10.7. The van der Waals surface area contributed by atoms with Crippen molar-refractivity contribution in [1.29, 1.82) is 0 Å². The molecule has 0 aliphatic rings. The zero-order chi connectivity index (χ0) is 19.3. The van der Waals surface area contributed by atoms with Crippen molar-refractivity contribution in [1.82, 2.24) is 19.9 Å². The number of nitrogens with zero attached hydrogens (tertiary/aromatic N) is 4. The van der Waals surface area contributed by atoms with E-state index in [1.165, 1.54) is 0 Å². The van der Waals surface area contributed by atoms with Crippen molar-refractivity contribution < 1.29 is 0 Å². The number of hydrogen-bond acceptors (Lipinski definition) is 4. The summed E-state index contributed by atoms with van der Waals surface area (Å²) in [5.41, 5.74) is 1.94. The maximum absolute atomic E-state index is 4.01. The number of hydrogen-bond donors (Lipinski definition) is 0. The normalized spacial score (nSPS) is 8.86. The standard InChI is InChI=1S/2C12H8N2/c2*1-2-5-11(6-3-1)7-8-12-13-9-4-10-14-12/h2*1-6,9-10H. The monoisotopic (exact) mass is 360 g/mol. The van der Waals surface area contributed by atoms with E-state index < -0.39 is 0 Å². The summed E-state index contributed by atoms with van der Waals surface area (Å²) in [5, 5.41) is 0. The molecular weight excluding hydrogens is 344 g/mol. The molecule has 2 aromatic heterocycles. The molecule has 0 atom stereocenters. The van der Waals surface area contributed by atoms with Crippen LogP contribution in [0.15, 0.2) is 97.6 Å². The Morgan fingerprint density at radius 2 is 0.750 bits per heavy atom. The van der Waals surface area contributed by atoms with Crippen molar-refractivity contribution in [2.45, 2.75) is 0 Å². The molecule has 0 amide bonds. The molecule has 0 radical (unpaired) electrons. The van der Waals surface area contributed by atoms with Crippen LogP contribution in [0, 0.1) is 23.7 Å². The molecule has 2 aromatic carbocycles. The molecule has 0 aliphatic carbocycles. The number of benzene rings is 2. The number of aromatic nitrogens is 4. The average molecular weight is 360 g/mol. The van der Waals surface area contributed by atoms with Crippen LogP contribution in [0.3, 0.4) is 0 Å². The molecule has 0 saturated heterocycles. The van der Waals surface area contributed by atoms with Crippen molar-refractivity contribution in [3.05, 3.63) is 120 Å². The van der Waals surface area contributed by atoms with Gasteiger partial charge in [-0.05, 0) is 48.2 Å². The van der Waals surface area contributed by atoms with Gasteiger partial charge in [0.1, 0.15) is 0 Å². The van der Waals surface area contributed by atoms with E-state index in [0.29, 0.717) is 11.6 Å². The predicted octanol–water partition coefficient (Wildman–Crippen LogP) is 3.75. The zero-order valence-electron chi connectivity index (χ0n) is 15.0. The quantitative estimate of drug-likeness (QED) is 0.448. The maximum Gasteiger partial charge on any atom is 0.205 e. The summed E-state index contributed by atoms with van der Waals surface area (Å²) in [5.74, 6) is 12.9.